The van der Waals surface area contributed by atoms with Gasteiger partial charge < -0.3 is 9.47 Å². The van der Waals surface area contributed by atoms with E-state index in [0.717, 1.165) is 21.8 Å². The minimum Gasteiger partial charge on any atom is -0.376 e. The van der Waals surface area contributed by atoms with Crippen LogP contribution in [0.15, 0.2) is 24.3 Å². The second kappa shape index (κ2) is 9.31. The van der Waals surface area contributed by atoms with E-state index in [9.17, 15) is 0 Å². The van der Waals surface area contributed by atoms with Crippen LogP contribution < -0.4 is 0 Å². The van der Waals surface area contributed by atoms with Gasteiger partial charge in [-0.2, -0.15) is 0 Å². The van der Waals surface area contributed by atoms with Crippen molar-refractivity contribution in [2.24, 2.45) is 5.41 Å². The van der Waals surface area contributed by atoms with E-state index in [1.165, 1.54) is 0 Å². The molecular weight excluding hydrogens is 348 g/mol. The molecule has 0 atom stereocenters. The summed E-state index contributed by atoms with van der Waals surface area (Å²) < 4.78 is 11.3. The fourth-order valence-corrected chi connectivity index (χ4v) is 2.69. The van der Waals surface area contributed by atoms with E-state index in [0.29, 0.717) is 26.4 Å². The SMILES string of the molecule is C=C(C)COCC(CBr)(CBr)COCC(=C)C. The predicted octanol–water partition coefficient (Wildman–Crippen LogP) is 3.95. The third-order valence-corrected chi connectivity index (χ3v) is 4.46. The van der Waals surface area contributed by atoms with E-state index < -0.39 is 0 Å². The summed E-state index contributed by atoms with van der Waals surface area (Å²) in [7, 11) is 0. The van der Waals surface area contributed by atoms with Crippen LogP contribution in [-0.2, 0) is 9.47 Å². The molecular formula is C13H22Br2O2. The Kier molecular flexibility index (Phi) is 9.51. The summed E-state index contributed by atoms with van der Waals surface area (Å²) in [5.41, 5.74) is 2.03. The molecule has 0 N–H and O–H groups in total. The van der Waals surface area contributed by atoms with Crippen LogP contribution in [0, 0.1) is 5.41 Å². The van der Waals surface area contributed by atoms with Crippen LogP contribution in [0.1, 0.15) is 13.8 Å². The molecule has 0 spiro atoms. The lowest BCUT2D eigenvalue weighted by atomic mass is 9.96. The average Bonchev–Trinajstić information content (AvgIpc) is 2.26. The summed E-state index contributed by atoms with van der Waals surface area (Å²) in [6.45, 7) is 14.1. The van der Waals surface area contributed by atoms with E-state index in [1.807, 2.05) is 13.8 Å². The van der Waals surface area contributed by atoms with Gasteiger partial charge in [0.25, 0.3) is 0 Å². The van der Waals surface area contributed by atoms with Crippen molar-refractivity contribution in [3.63, 3.8) is 0 Å². The van der Waals surface area contributed by atoms with Crippen LogP contribution in [0.3, 0.4) is 0 Å². The zero-order valence-corrected chi connectivity index (χ0v) is 13.9. The Hall–Kier alpha value is 0.360. The molecule has 0 saturated carbocycles. The number of hydrogen-bond donors (Lipinski definition) is 0. The molecule has 0 bridgehead atoms. The number of rotatable bonds is 10. The molecule has 4 heteroatoms. The molecule has 0 radical (unpaired) electrons. The quantitative estimate of drug-likeness (QED) is 0.428. The molecule has 2 nitrogen and oxygen atoms in total. The van der Waals surface area contributed by atoms with E-state index in [4.69, 9.17) is 9.47 Å². The first kappa shape index (κ1) is 17.4. The molecule has 0 amide bonds. The van der Waals surface area contributed by atoms with Crippen molar-refractivity contribution in [1.82, 2.24) is 0 Å². The first-order valence-corrected chi connectivity index (χ1v) is 7.76. The molecule has 0 aromatic heterocycles. The second-order valence-corrected chi connectivity index (χ2v) is 5.79. The van der Waals surface area contributed by atoms with Gasteiger partial charge in [-0.25, -0.2) is 0 Å². The lowest BCUT2D eigenvalue weighted by Crippen LogP contribution is -2.36. The van der Waals surface area contributed by atoms with Crippen molar-refractivity contribution in [1.29, 1.82) is 0 Å². The summed E-state index contributed by atoms with van der Waals surface area (Å²) in [6, 6.07) is 0. The van der Waals surface area contributed by atoms with E-state index in [1.54, 1.807) is 0 Å². The maximum absolute atomic E-state index is 5.64. The first-order valence-electron chi connectivity index (χ1n) is 5.52. The van der Waals surface area contributed by atoms with Crippen LogP contribution >= 0.6 is 31.9 Å². The third kappa shape index (κ3) is 8.14. The minimum absolute atomic E-state index is 0.0368. The monoisotopic (exact) mass is 368 g/mol. The highest BCUT2D eigenvalue weighted by Crippen LogP contribution is 2.24. The standard InChI is InChI=1S/C13H22Br2O2/c1-11(2)5-16-9-13(7-14,8-15)10-17-6-12(3)4/h1,3,5-10H2,2,4H3. The smallest absolute Gasteiger partial charge is 0.0671 e. The van der Waals surface area contributed by atoms with Gasteiger partial charge in [0.05, 0.1) is 26.4 Å². The van der Waals surface area contributed by atoms with Crippen molar-refractivity contribution < 1.29 is 9.47 Å². The van der Waals surface area contributed by atoms with Crippen molar-refractivity contribution in [2.45, 2.75) is 13.8 Å². The maximum atomic E-state index is 5.64. The molecule has 0 heterocycles. The highest BCUT2D eigenvalue weighted by molar-refractivity contribution is 9.09. The molecule has 100 valence electrons. The molecule has 0 fully saturated rings. The summed E-state index contributed by atoms with van der Waals surface area (Å²) in [5.74, 6) is 0. The average molecular weight is 370 g/mol. The van der Waals surface area contributed by atoms with Gasteiger partial charge in [0.1, 0.15) is 0 Å². The molecule has 0 saturated heterocycles. The number of ether oxygens (including phenoxy) is 2. The zero-order valence-electron chi connectivity index (χ0n) is 10.7. The highest BCUT2D eigenvalue weighted by atomic mass is 79.9. The fourth-order valence-electron chi connectivity index (χ4n) is 1.12. The molecule has 0 unspecified atom stereocenters. The fraction of sp³-hybridized carbons (Fsp3) is 0.692. The van der Waals surface area contributed by atoms with E-state index in [-0.39, 0.29) is 5.41 Å². The van der Waals surface area contributed by atoms with Gasteiger partial charge in [0.2, 0.25) is 0 Å². The third-order valence-electron chi connectivity index (χ3n) is 2.08. The molecule has 17 heavy (non-hydrogen) atoms. The molecule has 0 aliphatic heterocycles. The Balaban J connectivity index is 4.14. The summed E-state index contributed by atoms with van der Waals surface area (Å²) in [5, 5.41) is 1.66. The van der Waals surface area contributed by atoms with Gasteiger partial charge >= 0.3 is 0 Å². The van der Waals surface area contributed by atoms with Crippen molar-refractivity contribution in [3.05, 3.63) is 24.3 Å². The highest BCUT2D eigenvalue weighted by Gasteiger charge is 2.28. The van der Waals surface area contributed by atoms with Gasteiger partial charge in [0, 0.05) is 16.1 Å². The molecule has 0 rings (SSSR count). The second-order valence-electron chi connectivity index (χ2n) is 4.67. The first-order chi connectivity index (χ1) is 7.95. The predicted molar refractivity (Wildman–Crippen MR) is 81.3 cm³/mol. The Morgan fingerprint density at radius 3 is 1.53 bits per heavy atom. The summed E-state index contributed by atoms with van der Waals surface area (Å²) in [4.78, 5) is 0. The Labute approximate surface area is 122 Å². The topological polar surface area (TPSA) is 18.5 Å². The lowest BCUT2D eigenvalue weighted by molar-refractivity contribution is 0.0158. The maximum Gasteiger partial charge on any atom is 0.0671 e. The van der Waals surface area contributed by atoms with Crippen molar-refractivity contribution in [2.75, 3.05) is 37.1 Å². The van der Waals surface area contributed by atoms with Crippen molar-refractivity contribution in [3.8, 4) is 0 Å². The normalized spacial score (nSPS) is 11.5. The van der Waals surface area contributed by atoms with E-state index >= 15 is 0 Å². The Bertz CT molecular complexity index is 226. The van der Waals surface area contributed by atoms with E-state index in [2.05, 4.69) is 45.0 Å². The number of halogens is 2. The number of hydrogen-bond acceptors (Lipinski definition) is 2. The number of alkyl halides is 2. The minimum atomic E-state index is -0.0368. The Morgan fingerprint density at radius 2 is 1.29 bits per heavy atom. The van der Waals surface area contributed by atoms with Gasteiger partial charge in [-0.05, 0) is 13.8 Å². The summed E-state index contributed by atoms with van der Waals surface area (Å²) in [6.07, 6.45) is 0. The van der Waals surface area contributed by atoms with Crippen LogP contribution in [0.4, 0.5) is 0 Å². The molecule has 0 aromatic carbocycles. The summed E-state index contributed by atoms with van der Waals surface area (Å²) >= 11 is 7.07. The van der Waals surface area contributed by atoms with Crippen LogP contribution in [0.25, 0.3) is 0 Å². The largest absolute Gasteiger partial charge is 0.376 e. The van der Waals surface area contributed by atoms with Gasteiger partial charge in [0.15, 0.2) is 0 Å². The van der Waals surface area contributed by atoms with Crippen molar-refractivity contribution >= 4 is 31.9 Å². The molecule has 0 aliphatic rings. The van der Waals surface area contributed by atoms with Crippen LogP contribution in [-0.4, -0.2) is 37.1 Å². The van der Waals surface area contributed by atoms with Gasteiger partial charge in [-0.3, -0.25) is 0 Å². The lowest BCUT2D eigenvalue weighted by Gasteiger charge is -2.29. The van der Waals surface area contributed by atoms with Crippen LogP contribution in [0.2, 0.25) is 0 Å². The van der Waals surface area contributed by atoms with Gasteiger partial charge in [-0.15, -0.1) is 0 Å². The zero-order chi connectivity index (χ0) is 13.3. The van der Waals surface area contributed by atoms with Crippen LogP contribution in [0.5, 0.6) is 0 Å². The molecule has 0 aliphatic carbocycles. The Morgan fingerprint density at radius 1 is 0.941 bits per heavy atom. The molecule has 0 aromatic rings. The van der Waals surface area contributed by atoms with Gasteiger partial charge in [-0.1, -0.05) is 56.2 Å².